The molecule has 0 aromatic rings. The highest BCUT2D eigenvalue weighted by Crippen LogP contribution is 2.56. The van der Waals surface area contributed by atoms with E-state index in [4.69, 9.17) is 0 Å². The van der Waals surface area contributed by atoms with E-state index in [0.717, 1.165) is 0 Å². The summed E-state index contributed by atoms with van der Waals surface area (Å²) in [4.78, 5) is 0. The molecule has 0 N–H and O–H groups in total. The van der Waals surface area contributed by atoms with Crippen molar-refractivity contribution in [1.82, 2.24) is 9.34 Å². The van der Waals surface area contributed by atoms with E-state index in [2.05, 4.69) is 86.8 Å². The average Bonchev–Trinajstić information content (AvgIpc) is 1.99. The summed E-state index contributed by atoms with van der Waals surface area (Å²) in [6.07, 6.45) is 0. The first kappa shape index (κ1) is 17.1. The summed E-state index contributed by atoms with van der Waals surface area (Å²) in [5, 5.41) is 0. The van der Waals surface area contributed by atoms with Gasteiger partial charge in [0.25, 0.3) is 0 Å². The van der Waals surface area contributed by atoms with Crippen LogP contribution in [0.2, 0.25) is 0 Å². The Bertz CT molecular complexity index is 159. The normalized spacial score (nSPS) is 13.5. The Labute approximate surface area is 116 Å². The lowest BCUT2D eigenvalue weighted by Gasteiger charge is -2.44. The van der Waals surface area contributed by atoms with Gasteiger partial charge in [-0.15, -0.1) is 0 Å². The van der Waals surface area contributed by atoms with Gasteiger partial charge >= 0.3 is 0 Å². The van der Waals surface area contributed by atoms with Gasteiger partial charge in [-0.05, 0) is 77.4 Å². The number of rotatable bonds is 6. The lowest BCUT2D eigenvalue weighted by atomic mass is 10.3. The van der Waals surface area contributed by atoms with Crippen molar-refractivity contribution < 1.29 is 0 Å². The third-order valence-corrected chi connectivity index (χ3v) is 8.10. The minimum absolute atomic E-state index is 0.229. The van der Waals surface area contributed by atoms with E-state index in [9.17, 15) is 0 Å². The summed E-state index contributed by atoms with van der Waals surface area (Å²) in [7, 11) is 0. The molecule has 2 nitrogen and oxygen atoms in total. The number of nitrogens with zero attached hydrogens (tertiary/aromatic N) is 2. The second-order valence-electron chi connectivity index (χ2n) is 5.38. The molecule has 0 fully saturated rings. The largest absolute Gasteiger partial charge is 0.257 e. The first-order chi connectivity index (χ1) is 7.20. The van der Waals surface area contributed by atoms with Gasteiger partial charge in [-0.3, -0.25) is 9.34 Å². The maximum absolute atomic E-state index is 2.64. The molecule has 16 heavy (non-hydrogen) atoms. The van der Waals surface area contributed by atoms with Crippen molar-refractivity contribution in [3.8, 4) is 0 Å². The summed E-state index contributed by atoms with van der Waals surface area (Å²) in [5.41, 5.74) is 0. The Kier molecular flexibility index (Phi) is 8.01. The molecular weight excluding hydrogens is 330 g/mol. The fraction of sp³-hybridized carbons (Fsp3) is 1.00. The molecule has 0 aromatic heterocycles. The Balaban J connectivity index is 4.88. The third kappa shape index (κ3) is 4.75. The van der Waals surface area contributed by atoms with Crippen LogP contribution in [0, 0.1) is 0 Å². The minimum atomic E-state index is -0.229. The van der Waals surface area contributed by atoms with Crippen LogP contribution >= 0.6 is 27.9 Å². The molecule has 0 atom stereocenters. The molecular formula is C12H28IN2P. The van der Waals surface area contributed by atoms with Crippen LogP contribution in [0.25, 0.3) is 0 Å². The van der Waals surface area contributed by atoms with Crippen LogP contribution in [0.4, 0.5) is 0 Å². The van der Waals surface area contributed by atoms with Crippen molar-refractivity contribution in [2.45, 2.75) is 79.6 Å². The van der Waals surface area contributed by atoms with E-state index in [1.807, 2.05) is 0 Å². The molecule has 0 spiro atoms. The average molecular weight is 358 g/mol. The van der Waals surface area contributed by atoms with Gasteiger partial charge in [0.15, 0.2) is 0 Å². The molecule has 4 heteroatoms. The Hall–Kier alpha value is 1.08. The molecule has 0 aliphatic heterocycles. The predicted octanol–water partition coefficient (Wildman–Crippen LogP) is 4.89. The molecule has 0 radical (unpaired) electrons. The number of halogens is 1. The second kappa shape index (κ2) is 7.50. The van der Waals surface area contributed by atoms with E-state index in [0.29, 0.717) is 24.2 Å². The predicted molar refractivity (Wildman–Crippen MR) is 85.2 cm³/mol. The van der Waals surface area contributed by atoms with Gasteiger partial charge in [-0.25, -0.2) is 0 Å². The number of hydrogen-bond acceptors (Lipinski definition) is 2. The summed E-state index contributed by atoms with van der Waals surface area (Å²) in [5.74, 6) is -0.229. The van der Waals surface area contributed by atoms with Gasteiger partial charge < -0.3 is 0 Å². The highest BCUT2D eigenvalue weighted by molar-refractivity contribution is 14.2. The van der Waals surface area contributed by atoms with Gasteiger partial charge in [-0.1, -0.05) is 0 Å². The van der Waals surface area contributed by atoms with Gasteiger partial charge in [-0.2, -0.15) is 0 Å². The van der Waals surface area contributed by atoms with Crippen molar-refractivity contribution in [2.75, 3.05) is 0 Å². The topological polar surface area (TPSA) is 6.48 Å². The molecule has 0 amide bonds. The molecule has 0 saturated heterocycles. The lowest BCUT2D eigenvalue weighted by molar-refractivity contribution is 0.266. The SMILES string of the molecule is CC(C)N(C(C)C)P(I)N(C(C)C)C(C)C. The molecule has 0 unspecified atom stereocenters. The fourth-order valence-electron chi connectivity index (χ4n) is 2.07. The highest BCUT2D eigenvalue weighted by Gasteiger charge is 2.30. The van der Waals surface area contributed by atoms with E-state index in [-0.39, 0.29) is 5.87 Å². The van der Waals surface area contributed by atoms with Gasteiger partial charge in [0.05, 0.1) is 0 Å². The summed E-state index contributed by atoms with van der Waals surface area (Å²) in [6, 6.07) is 2.46. The van der Waals surface area contributed by atoms with Crippen LogP contribution in [0.1, 0.15) is 55.4 Å². The van der Waals surface area contributed by atoms with Crippen LogP contribution in [-0.2, 0) is 0 Å². The maximum atomic E-state index is 2.64. The standard InChI is InChI=1S/C12H28IN2P/c1-9(2)14(10(3)4)16(13)15(11(5)6)12(7)8/h9-12H,1-8H3. The lowest BCUT2D eigenvalue weighted by Crippen LogP contribution is -2.40. The van der Waals surface area contributed by atoms with Crippen molar-refractivity contribution in [1.29, 1.82) is 0 Å². The molecule has 0 aliphatic rings. The maximum Gasteiger partial charge on any atom is 0.108 e. The second-order valence-corrected chi connectivity index (χ2v) is 9.37. The van der Waals surface area contributed by atoms with E-state index >= 15 is 0 Å². The van der Waals surface area contributed by atoms with Gasteiger partial charge in [0.1, 0.15) is 5.87 Å². The molecule has 0 aromatic carbocycles. The minimum Gasteiger partial charge on any atom is -0.257 e. The Morgan fingerprint density at radius 1 is 0.625 bits per heavy atom. The fourth-order valence-corrected chi connectivity index (χ4v) is 9.82. The van der Waals surface area contributed by atoms with Crippen LogP contribution < -0.4 is 0 Å². The first-order valence-corrected chi connectivity index (χ1v) is 10.3. The molecule has 0 saturated carbocycles. The zero-order valence-electron chi connectivity index (χ0n) is 12.0. The van der Waals surface area contributed by atoms with E-state index in [1.165, 1.54) is 0 Å². The molecule has 0 heterocycles. The van der Waals surface area contributed by atoms with Crippen LogP contribution in [-0.4, -0.2) is 33.5 Å². The first-order valence-electron chi connectivity index (χ1n) is 6.22. The van der Waals surface area contributed by atoms with Crippen LogP contribution in [0.15, 0.2) is 0 Å². The monoisotopic (exact) mass is 358 g/mol. The van der Waals surface area contributed by atoms with Crippen molar-refractivity contribution in [3.05, 3.63) is 0 Å². The Morgan fingerprint density at radius 2 is 0.812 bits per heavy atom. The zero-order valence-corrected chi connectivity index (χ0v) is 15.1. The van der Waals surface area contributed by atoms with Crippen molar-refractivity contribution in [2.24, 2.45) is 0 Å². The molecule has 0 aliphatic carbocycles. The summed E-state index contributed by atoms with van der Waals surface area (Å²) < 4.78 is 5.27. The third-order valence-electron chi connectivity index (χ3n) is 2.50. The van der Waals surface area contributed by atoms with Crippen molar-refractivity contribution in [3.63, 3.8) is 0 Å². The summed E-state index contributed by atoms with van der Waals surface area (Å²) >= 11 is 2.64. The number of hydrogen-bond donors (Lipinski definition) is 0. The van der Waals surface area contributed by atoms with Crippen LogP contribution in [0.5, 0.6) is 0 Å². The smallest absolute Gasteiger partial charge is 0.108 e. The molecule has 98 valence electrons. The molecule has 0 bridgehead atoms. The quantitative estimate of drug-likeness (QED) is 0.493. The van der Waals surface area contributed by atoms with E-state index in [1.54, 1.807) is 0 Å². The highest BCUT2D eigenvalue weighted by atomic mass is 127. The summed E-state index contributed by atoms with van der Waals surface area (Å²) in [6.45, 7) is 18.4. The van der Waals surface area contributed by atoms with Gasteiger partial charge in [0.2, 0.25) is 0 Å². The van der Waals surface area contributed by atoms with Crippen molar-refractivity contribution >= 4 is 27.9 Å². The van der Waals surface area contributed by atoms with Gasteiger partial charge in [0, 0.05) is 24.2 Å². The molecule has 0 rings (SSSR count). The van der Waals surface area contributed by atoms with Crippen LogP contribution in [0.3, 0.4) is 0 Å². The van der Waals surface area contributed by atoms with E-state index < -0.39 is 0 Å². The zero-order chi connectivity index (χ0) is 13.0. The Morgan fingerprint density at radius 3 is 0.938 bits per heavy atom.